The molecule has 10 heteroatoms. The molecule has 1 aromatic heterocycles. The molecule has 1 amide bonds. The number of hydrogen-bond acceptors (Lipinski definition) is 7. The van der Waals surface area contributed by atoms with Crippen molar-refractivity contribution in [2.75, 3.05) is 40.0 Å². The number of piperidine rings is 1. The number of ether oxygens (including phenoxy) is 2. The third-order valence-electron chi connectivity index (χ3n) is 4.05. The minimum absolute atomic E-state index is 0.0268. The fourth-order valence-electron chi connectivity index (χ4n) is 2.79. The van der Waals surface area contributed by atoms with Crippen molar-refractivity contribution in [3.63, 3.8) is 0 Å². The molecule has 0 bridgehead atoms. The molecule has 0 spiro atoms. The van der Waals surface area contributed by atoms with Crippen LogP contribution in [0.15, 0.2) is 9.42 Å². The summed E-state index contributed by atoms with van der Waals surface area (Å²) in [7, 11) is -2.06. The zero-order valence-corrected chi connectivity index (χ0v) is 15.6. The van der Waals surface area contributed by atoms with Crippen LogP contribution in [0.1, 0.15) is 24.3 Å². The normalized spacial score (nSPS) is 16.9. The van der Waals surface area contributed by atoms with Gasteiger partial charge in [0.25, 0.3) is 0 Å². The number of sulfonamides is 1. The molecule has 1 aliphatic heterocycles. The number of rotatable bonds is 8. The van der Waals surface area contributed by atoms with E-state index in [1.54, 1.807) is 21.0 Å². The molecular weight excluding hydrogens is 350 g/mol. The summed E-state index contributed by atoms with van der Waals surface area (Å²) in [4.78, 5) is 11.9. The second-order valence-electron chi connectivity index (χ2n) is 5.94. The van der Waals surface area contributed by atoms with Gasteiger partial charge in [-0.2, -0.15) is 4.31 Å². The lowest BCUT2D eigenvalue weighted by Crippen LogP contribution is -2.47. The summed E-state index contributed by atoms with van der Waals surface area (Å²) < 4.78 is 41.8. The fraction of sp³-hybridized carbons (Fsp3) is 0.733. The maximum Gasteiger partial charge on any atom is 0.248 e. The highest BCUT2D eigenvalue weighted by molar-refractivity contribution is 7.89. The maximum atomic E-state index is 12.7. The fourth-order valence-corrected chi connectivity index (χ4v) is 4.55. The molecule has 2 heterocycles. The lowest BCUT2D eigenvalue weighted by molar-refractivity contribution is -0.127. The summed E-state index contributed by atoms with van der Waals surface area (Å²) in [6.07, 6.45) is 1.10. The Bertz CT molecular complexity index is 660. The largest absolute Gasteiger partial charge is 0.382 e. The number of methoxy groups -OCH3 is 1. The molecule has 1 N–H and O–H groups in total. The van der Waals surface area contributed by atoms with Crippen LogP contribution in [0.3, 0.4) is 0 Å². The van der Waals surface area contributed by atoms with E-state index in [-0.39, 0.29) is 23.5 Å². The quantitative estimate of drug-likeness (QED) is 0.647. The minimum Gasteiger partial charge on any atom is -0.382 e. The third kappa shape index (κ3) is 5.00. The van der Waals surface area contributed by atoms with Crippen molar-refractivity contribution in [3.05, 3.63) is 11.5 Å². The van der Waals surface area contributed by atoms with Crippen LogP contribution in [0.2, 0.25) is 0 Å². The van der Waals surface area contributed by atoms with E-state index < -0.39 is 10.0 Å². The van der Waals surface area contributed by atoms with E-state index in [0.717, 1.165) is 0 Å². The summed E-state index contributed by atoms with van der Waals surface area (Å²) in [6.45, 7) is 4.64. The van der Waals surface area contributed by atoms with E-state index >= 15 is 0 Å². The average Bonchev–Trinajstić information content (AvgIpc) is 2.91. The van der Waals surface area contributed by atoms with E-state index in [1.807, 2.05) is 0 Å². The second kappa shape index (κ2) is 8.75. The van der Waals surface area contributed by atoms with Gasteiger partial charge < -0.3 is 19.3 Å². The van der Waals surface area contributed by atoms with E-state index in [2.05, 4.69) is 10.5 Å². The van der Waals surface area contributed by atoms with Gasteiger partial charge in [0, 0.05) is 26.2 Å². The first kappa shape index (κ1) is 19.8. The molecule has 25 heavy (non-hydrogen) atoms. The van der Waals surface area contributed by atoms with Crippen molar-refractivity contribution in [2.24, 2.45) is 0 Å². The number of nitrogens with one attached hydrogen (secondary N) is 1. The highest BCUT2D eigenvalue weighted by Gasteiger charge is 2.34. The van der Waals surface area contributed by atoms with Crippen LogP contribution < -0.4 is 5.32 Å². The molecule has 1 aromatic rings. The zero-order valence-electron chi connectivity index (χ0n) is 14.8. The SMILES string of the molecule is COCCOCC(=O)NC1CCN(S(=O)(=O)c2c(C)noc2C)CC1. The highest BCUT2D eigenvalue weighted by Crippen LogP contribution is 2.25. The van der Waals surface area contributed by atoms with Gasteiger partial charge in [0.1, 0.15) is 17.2 Å². The first-order valence-corrected chi connectivity index (χ1v) is 9.59. The number of amides is 1. The first-order chi connectivity index (χ1) is 11.9. The van der Waals surface area contributed by atoms with Crippen LogP contribution in [-0.2, 0) is 24.3 Å². The van der Waals surface area contributed by atoms with Gasteiger partial charge in [-0.1, -0.05) is 5.16 Å². The Kier molecular flexibility index (Phi) is 6.94. The molecule has 2 rings (SSSR count). The van der Waals surface area contributed by atoms with E-state index in [1.165, 1.54) is 4.31 Å². The number of carbonyl (C=O) groups excluding carboxylic acids is 1. The van der Waals surface area contributed by atoms with Crippen LogP contribution >= 0.6 is 0 Å². The molecule has 0 radical (unpaired) electrons. The first-order valence-electron chi connectivity index (χ1n) is 8.15. The lowest BCUT2D eigenvalue weighted by Gasteiger charge is -2.31. The topological polar surface area (TPSA) is 111 Å². The number of hydrogen-bond donors (Lipinski definition) is 1. The van der Waals surface area contributed by atoms with Crippen LogP contribution in [0.4, 0.5) is 0 Å². The van der Waals surface area contributed by atoms with Crippen LogP contribution in [0.5, 0.6) is 0 Å². The Hall–Kier alpha value is -1.49. The average molecular weight is 375 g/mol. The summed E-state index contributed by atoms with van der Waals surface area (Å²) in [5.41, 5.74) is 0.362. The van der Waals surface area contributed by atoms with Crippen molar-refractivity contribution in [1.29, 1.82) is 0 Å². The maximum absolute atomic E-state index is 12.7. The number of nitrogens with zero attached hydrogens (tertiary/aromatic N) is 2. The van der Waals surface area contributed by atoms with Crippen molar-refractivity contribution in [3.8, 4) is 0 Å². The Balaban J connectivity index is 1.84. The smallest absolute Gasteiger partial charge is 0.248 e. The van der Waals surface area contributed by atoms with Gasteiger partial charge in [-0.05, 0) is 26.7 Å². The lowest BCUT2D eigenvalue weighted by atomic mass is 10.1. The molecule has 1 saturated heterocycles. The molecule has 0 saturated carbocycles. The van der Waals surface area contributed by atoms with Crippen molar-refractivity contribution in [1.82, 2.24) is 14.8 Å². The van der Waals surface area contributed by atoms with Crippen LogP contribution in [0, 0.1) is 13.8 Å². The van der Waals surface area contributed by atoms with Crippen molar-refractivity contribution >= 4 is 15.9 Å². The molecule has 0 unspecified atom stereocenters. The predicted molar refractivity (Wildman–Crippen MR) is 88.6 cm³/mol. The molecule has 9 nitrogen and oxygen atoms in total. The molecule has 0 aromatic carbocycles. The highest BCUT2D eigenvalue weighted by atomic mass is 32.2. The van der Waals surface area contributed by atoms with Gasteiger partial charge in [-0.3, -0.25) is 4.79 Å². The van der Waals surface area contributed by atoms with Crippen molar-refractivity contribution in [2.45, 2.75) is 37.6 Å². The van der Waals surface area contributed by atoms with E-state index in [4.69, 9.17) is 14.0 Å². The van der Waals surface area contributed by atoms with Crippen molar-refractivity contribution < 1.29 is 27.2 Å². The molecule has 1 aliphatic rings. The second-order valence-corrected chi connectivity index (χ2v) is 7.82. The summed E-state index contributed by atoms with van der Waals surface area (Å²) in [5.74, 6) is 0.0873. The van der Waals surface area contributed by atoms with Crippen LogP contribution in [-0.4, -0.2) is 69.8 Å². The third-order valence-corrected chi connectivity index (χ3v) is 6.19. The zero-order chi connectivity index (χ0) is 18.4. The number of aromatic nitrogens is 1. The van der Waals surface area contributed by atoms with E-state index in [9.17, 15) is 13.2 Å². The monoisotopic (exact) mass is 375 g/mol. The predicted octanol–water partition coefficient (Wildman–Crippen LogP) is 0.224. The van der Waals surface area contributed by atoms with Gasteiger partial charge in [0.15, 0.2) is 5.76 Å². The molecule has 142 valence electrons. The molecular formula is C15H25N3O6S. The van der Waals surface area contributed by atoms with Gasteiger partial charge in [-0.15, -0.1) is 0 Å². The van der Waals surface area contributed by atoms with Crippen LogP contribution in [0.25, 0.3) is 0 Å². The van der Waals surface area contributed by atoms with Gasteiger partial charge in [0.05, 0.1) is 13.2 Å². The molecule has 1 fully saturated rings. The number of aryl methyl sites for hydroxylation is 2. The Morgan fingerprint density at radius 1 is 1.32 bits per heavy atom. The Morgan fingerprint density at radius 2 is 2.00 bits per heavy atom. The number of carbonyl (C=O) groups is 1. The van der Waals surface area contributed by atoms with E-state index in [0.29, 0.717) is 50.6 Å². The van der Waals surface area contributed by atoms with Gasteiger partial charge in [0.2, 0.25) is 15.9 Å². The summed E-state index contributed by atoms with van der Waals surface area (Å²) in [5, 5.41) is 6.58. The Labute approximate surface area is 147 Å². The minimum atomic E-state index is -3.63. The van der Waals surface area contributed by atoms with Gasteiger partial charge in [-0.25, -0.2) is 8.42 Å². The molecule has 0 aliphatic carbocycles. The summed E-state index contributed by atoms with van der Waals surface area (Å²) in [6, 6.07) is -0.0605. The summed E-state index contributed by atoms with van der Waals surface area (Å²) >= 11 is 0. The standard InChI is InChI=1S/C15H25N3O6S/c1-11-15(12(2)24-17-11)25(20,21)18-6-4-13(5-7-18)16-14(19)10-23-9-8-22-3/h13H,4-10H2,1-3H3,(H,16,19). The Morgan fingerprint density at radius 3 is 2.56 bits per heavy atom. The van der Waals surface area contributed by atoms with Gasteiger partial charge >= 0.3 is 0 Å². The molecule has 0 atom stereocenters.